The van der Waals surface area contributed by atoms with Gasteiger partial charge in [-0.3, -0.25) is 15.1 Å². The summed E-state index contributed by atoms with van der Waals surface area (Å²) in [6.07, 6.45) is 5.66. The molecule has 1 fully saturated rings. The molecule has 6 heteroatoms. The number of nitrogen functional groups attached to an aromatic ring is 1. The predicted octanol–water partition coefficient (Wildman–Crippen LogP) is 3.34. The van der Waals surface area contributed by atoms with E-state index in [0.29, 0.717) is 12.1 Å². The maximum atomic E-state index is 13.0. The average Bonchev–Trinajstić information content (AvgIpc) is 2.73. The van der Waals surface area contributed by atoms with E-state index in [1.807, 2.05) is 42.5 Å². The van der Waals surface area contributed by atoms with Gasteiger partial charge in [0.15, 0.2) is 0 Å². The molecular weight excluding hydrogens is 340 g/mol. The predicted molar refractivity (Wildman–Crippen MR) is 106 cm³/mol. The number of hydrogen-bond acceptors (Lipinski definition) is 3. The van der Waals surface area contributed by atoms with Crippen LogP contribution in [0.2, 0.25) is 0 Å². The second-order valence-corrected chi connectivity index (χ2v) is 6.88. The first-order valence-electron chi connectivity index (χ1n) is 9.40. The van der Waals surface area contributed by atoms with Crippen molar-refractivity contribution < 1.29 is 9.59 Å². The summed E-state index contributed by atoms with van der Waals surface area (Å²) in [5.74, 6) is 4.83. The second-order valence-electron chi connectivity index (χ2n) is 6.88. The summed E-state index contributed by atoms with van der Waals surface area (Å²) in [5, 5.41) is 3.18. The lowest BCUT2D eigenvalue weighted by Crippen LogP contribution is -2.45. The molecule has 0 aliphatic heterocycles. The zero-order valence-electron chi connectivity index (χ0n) is 15.4. The molecule has 1 aliphatic rings. The standard InChI is InChI=1S/C21H26N4O2/c22-24-20(26)17-13-11-16(12-14-17)15-25(19-9-5-2-6-10-19)21(27)23-18-7-3-1-4-8-18/h2,5-6,9-14,18H,1,3-4,7-8,15,22H2,(H,23,27)(H,24,26). The fourth-order valence-corrected chi connectivity index (χ4v) is 3.42. The number of nitrogens with two attached hydrogens (primary N) is 1. The summed E-state index contributed by atoms with van der Waals surface area (Å²) in [7, 11) is 0. The van der Waals surface area contributed by atoms with Gasteiger partial charge in [0.05, 0.1) is 6.54 Å². The Morgan fingerprint density at radius 2 is 1.63 bits per heavy atom. The topological polar surface area (TPSA) is 87.5 Å². The van der Waals surface area contributed by atoms with Crippen molar-refractivity contribution in [1.29, 1.82) is 0 Å². The first-order valence-corrected chi connectivity index (χ1v) is 9.40. The lowest BCUT2D eigenvalue weighted by Gasteiger charge is -2.28. The molecule has 3 amide bonds. The number of amides is 3. The van der Waals surface area contributed by atoms with E-state index >= 15 is 0 Å². The zero-order valence-corrected chi connectivity index (χ0v) is 15.4. The molecular formula is C21H26N4O2. The molecule has 2 aromatic rings. The summed E-state index contributed by atoms with van der Waals surface area (Å²) >= 11 is 0. The minimum atomic E-state index is -0.337. The number of urea groups is 1. The number of rotatable bonds is 5. The number of para-hydroxylation sites is 1. The van der Waals surface area contributed by atoms with Gasteiger partial charge in [-0.2, -0.15) is 0 Å². The van der Waals surface area contributed by atoms with E-state index in [1.165, 1.54) is 19.3 Å². The van der Waals surface area contributed by atoms with Crippen molar-refractivity contribution in [3.05, 3.63) is 65.7 Å². The van der Waals surface area contributed by atoms with E-state index in [1.54, 1.807) is 17.0 Å². The van der Waals surface area contributed by atoms with Crippen LogP contribution in [0.5, 0.6) is 0 Å². The summed E-state index contributed by atoms with van der Waals surface area (Å²) < 4.78 is 0. The van der Waals surface area contributed by atoms with E-state index in [9.17, 15) is 9.59 Å². The normalized spacial score (nSPS) is 14.4. The number of hydrogen-bond donors (Lipinski definition) is 3. The number of hydrazine groups is 1. The molecule has 1 saturated carbocycles. The number of benzene rings is 2. The largest absolute Gasteiger partial charge is 0.335 e. The molecule has 2 aromatic carbocycles. The van der Waals surface area contributed by atoms with Crippen molar-refractivity contribution in [2.24, 2.45) is 5.84 Å². The molecule has 6 nitrogen and oxygen atoms in total. The molecule has 3 rings (SSSR count). The minimum absolute atomic E-state index is 0.0862. The zero-order chi connectivity index (χ0) is 19.1. The van der Waals surface area contributed by atoms with Crippen molar-refractivity contribution in [1.82, 2.24) is 10.7 Å². The van der Waals surface area contributed by atoms with E-state index in [0.717, 1.165) is 24.1 Å². The van der Waals surface area contributed by atoms with Gasteiger partial charge in [0.1, 0.15) is 0 Å². The van der Waals surface area contributed by atoms with Crippen LogP contribution >= 0.6 is 0 Å². The summed E-state index contributed by atoms with van der Waals surface area (Å²) in [6, 6.07) is 16.9. The van der Waals surface area contributed by atoms with Gasteiger partial charge in [0.25, 0.3) is 5.91 Å². The molecule has 0 spiro atoms. The highest BCUT2D eigenvalue weighted by Crippen LogP contribution is 2.21. The first-order chi connectivity index (χ1) is 13.2. The molecule has 0 atom stereocenters. The molecule has 142 valence electrons. The van der Waals surface area contributed by atoms with Crippen molar-refractivity contribution in [3.63, 3.8) is 0 Å². The smallest absolute Gasteiger partial charge is 0.322 e. The number of nitrogens with zero attached hydrogens (tertiary/aromatic N) is 1. The third kappa shape index (κ3) is 5.08. The Hall–Kier alpha value is -2.86. The lowest BCUT2D eigenvalue weighted by atomic mass is 9.96. The van der Waals surface area contributed by atoms with Crippen LogP contribution in [0.4, 0.5) is 10.5 Å². The molecule has 0 radical (unpaired) electrons. The highest BCUT2D eigenvalue weighted by atomic mass is 16.2. The highest BCUT2D eigenvalue weighted by Gasteiger charge is 2.21. The Balaban J connectivity index is 1.75. The third-order valence-electron chi connectivity index (χ3n) is 4.93. The molecule has 4 N–H and O–H groups in total. The SMILES string of the molecule is NNC(=O)c1ccc(CN(C(=O)NC2CCCCC2)c2ccccc2)cc1. The van der Waals surface area contributed by atoms with E-state index in [4.69, 9.17) is 5.84 Å². The van der Waals surface area contributed by atoms with Gasteiger partial charge in [-0.15, -0.1) is 0 Å². The van der Waals surface area contributed by atoms with Crippen LogP contribution in [-0.2, 0) is 6.54 Å². The molecule has 0 aromatic heterocycles. The number of carbonyl (C=O) groups is 2. The van der Waals surface area contributed by atoms with Gasteiger partial charge in [-0.25, -0.2) is 10.6 Å². The average molecular weight is 366 g/mol. The molecule has 0 bridgehead atoms. The Morgan fingerprint density at radius 1 is 0.963 bits per heavy atom. The van der Waals surface area contributed by atoms with Gasteiger partial charge in [0.2, 0.25) is 0 Å². The number of carbonyl (C=O) groups excluding carboxylic acids is 2. The van der Waals surface area contributed by atoms with E-state index in [2.05, 4.69) is 10.7 Å². The fourth-order valence-electron chi connectivity index (χ4n) is 3.42. The van der Waals surface area contributed by atoms with Gasteiger partial charge in [-0.05, 0) is 42.7 Å². The summed E-state index contributed by atoms with van der Waals surface area (Å²) in [6.45, 7) is 0.424. The molecule has 0 heterocycles. The van der Waals surface area contributed by atoms with Crippen LogP contribution in [0.1, 0.15) is 48.0 Å². The summed E-state index contributed by atoms with van der Waals surface area (Å²) in [5.41, 5.74) is 4.38. The third-order valence-corrected chi connectivity index (χ3v) is 4.93. The maximum Gasteiger partial charge on any atom is 0.322 e. The van der Waals surface area contributed by atoms with E-state index < -0.39 is 0 Å². The van der Waals surface area contributed by atoms with Gasteiger partial charge < -0.3 is 5.32 Å². The van der Waals surface area contributed by atoms with Gasteiger partial charge >= 0.3 is 6.03 Å². The Kier molecular flexibility index (Phi) is 6.44. The van der Waals surface area contributed by atoms with Crippen LogP contribution in [-0.4, -0.2) is 18.0 Å². The maximum absolute atomic E-state index is 13.0. The molecule has 1 aliphatic carbocycles. The van der Waals surface area contributed by atoms with Gasteiger partial charge in [0, 0.05) is 17.3 Å². The highest BCUT2D eigenvalue weighted by molar-refractivity contribution is 5.94. The molecule has 0 unspecified atom stereocenters. The number of anilines is 1. The van der Waals surface area contributed by atoms with Crippen LogP contribution in [0.15, 0.2) is 54.6 Å². The molecule has 0 saturated heterocycles. The van der Waals surface area contributed by atoms with Crippen LogP contribution in [0.3, 0.4) is 0 Å². The Labute approximate surface area is 159 Å². The van der Waals surface area contributed by atoms with Crippen molar-refractivity contribution in [3.8, 4) is 0 Å². The van der Waals surface area contributed by atoms with Crippen LogP contribution < -0.4 is 21.5 Å². The summed E-state index contributed by atoms with van der Waals surface area (Å²) in [4.78, 5) is 26.3. The quantitative estimate of drug-likeness (QED) is 0.431. The minimum Gasteiger partial charge on any atom is -0.335 e. The lowest BCUT2D eigenvalue weighted by molar-refractivity contribution is 0.0953. The van der Waals surface area contributed by atoms with Crippen LogP contribution in [0, 0.1) is 0 Å². The van der Waals surface area contributed by atoms with Gasteiger partial charge in [-0.1, -0.05) is 49.6 Å². The Morgan fingerprint density at radius 3 is 2.26 bits per heavy atom. The fraction of sp³-hybridized carbons (Fsp3) is 0.333. The number of nitrogens with one attached hydrogen (secondary N) is 2. The molecule has 27 heavy (non-hydrogen) atoms. The monoisotopic (exact) mass is 366 g/mol. The second kappa shape index (κ2) is 9.19. The van der Waals surface area contributed by atoms with Crippen LogP contribution in [0.25, 0.3) is 0 Å². The van der Waals surface area contributed by atoms with Crippen molar-refractivity contribution in [2.45, 2.75) is 44.7 Å². The van der Waals surface area contributed by atoms with Crippen molar-refractivity contribution in [2.75, 3.05) is 4.90 Å². The van der Waals surface area contributed by atoms with E-state index in [-0.39, 0.29) is 18.0 Å². The Bertz CT molecular complexity index is 756. The van der Waals surface area contributed by atoms with Crippen molar-refractivity contribution >= 4 is 17.6 Å². The first kappa shape index (κ1) is 18.9.